The van der Waals surface area contributed by atoms with Gasteiger partial charge in [-0.3, -0.25) is 4.79 Å². The fourth-order valence-electron chi connectivity index (χ4n) is 1.79. The summed E-state index contributed by atoms with van der Waals surface area (Å²) in [6.07, 6.45) is -2.70. The van der Waals surface area contributed by atoms with Crippen molar-refractivity contribution in [2.75, 3.05) is 6.54 Å². The van der Waals surface area contributed by atoms with Gasteiger partial charge in [-0.2, -0.15) is 13.2 Å². The predicted octanol–water partition coefficient (Wildman–Crippen LogP) is 2.81. The van der Waals surface area contributed by atoms with Crippen LogP contribution in [0.15, 0.2) is 0 Å². The summed E-state index contributed by atoms with van der Waals surface area (Å²) in [5, 5.41) is 11.3. The van der Waals surface area contributed by atoms with E-state index in [4.69, 9.17) is 5.11 Å². The van der Waals surface area contributed by atoms with Crippen LogP contribution in [0, 0.1) is 5.92 Å². The van der Waals surface area contributed by atoms with Gasteiger partial charge < -0.3 is 10.4 Å². The molecule has 0 aliphatic rings. The van der Waals surface area contributed by atoms with Crippen LogP contribution in [0.25, 0.3) is 0 Å². The molecule has 2 N–H and O–H groups in total. The van der Waals surface area contributed by atoms with Gasteiger partial charge in [0, 0.05) is 12.1 Å². The zero-order valence-corrected chi connectivity index (χ0v) is 10.4. The predicted molar refractivity (Wildman–Crippen MR) is 58.8 cm³/mol. The molecule has 102 valence electrons. The van der Waals surface area contributed by atoms with E-state index in [1.807, 2.05) is 20.8 Å². The maximum absolute atomic E-state index is 12.4. The van der Waals surface area contributed by atoms with Gasteiger partial charge >= 0.3 is 12.1 Å². The number of alkyl halides is 3. The molecule has 0 aliphatic heterocycles. The topological polar surface area (TPSA) is 49.3 Å². The van der Waals surface area contributed by atoms with Gasteiger partial charge in [-0.15, -0.1) is 0 Å². The Bertz CT molecular complexity index is 241. The van der Waals surface area contributed by atoms with Crippen molar-refractivity contribution in [2.24, 2.45) is 5.92 Å². The SMILES string of the molecule is CCC(CC)(CC)NCC(C(=O)O)C(F)(F)F. The molecule has 1 unspecified atom stereocenters. The molecule has 0 bridgehead atoms. The molecule has 6 heteroatoms. The van der Waals surface area contributed by atoms with Crippen LogP contribution in [-0.4, -0.2) is 29.3 Å². The average molecular weight is 255 g/mol. The van der Waals surface area contributed by atoms with Crippen molar-refractivity contribution in [1.29, 1.82) is 0 Å². The zero-order valence-electron chi connectivity index (χ0n) is 10.4. The molecule has 3 nitrogen and oxygen atoms in total. The standard InChI is InChI=1S/C11H20F3NO2/c1-4-10(5-2,6-3)15-7-8(9(16)17)11(12,13)14/h8,15H,4-7H2,1-3H3,(H,16,17). The van der Waals surface area contributed by atoms with E-state index < -0.39 is 30.1 Å². The van der Waals surface area contributed by atoms with E-state index in [0.717, 1.165) is 0 Å². The fourth-order valence-corrected chi connectivity index (χ4v) is 1.79. The number of halogens is 3. The van der Waals surface area contributed by atoms with Crippen molar-refractivity contribution in [2.45, 2.75) is 51.7 Å². The van der Waals surface area contributed by atoms with E-state index in [1.54, 1.807) is 0 Å². The Labute approximate surface area is 99.4 Å². The second-order valence-corrected chi connectivity index (χ2v) is 4.15. The summed E-state index contributed by atoms with van der Waals surface area (Å²) in [6.45, 7) is 5.06. The van der Waals surface area contributed by atoms with Gasteiger partial charge in [-0.1, -0.05) is 20.8 Å². The molecular formula is C11H20F3NO2. The zero-order chi connectivity index (χ0) is 13.7. The maximum atomic E-state index is 12.4. The quantitative estimate of drug-likeness (QED) is 0.735. The van der Waals surface area contributed by atoms with Crippen LogP contribution >= 0.6 is 0 Å². The maximum Gasteiger partial charge on any atom is 0.403 e. The largest absolute Gasteiger partial charge is 0.481 e. The molecular weight excluding hydrogens is 235 g/mol. The Morgan fingerprint density at radius 1 is 1.18 bits per heavy atom. The second-order valence-electron chi connectivity index (χ2n) is 4.15. The summed E-state index contributed by atoms with van der Waals surface area (Å²) in [5.41, 5.74) is -0.404. The van der Waals surface area contributed by atoms with Crippen molar-refractivity contribution in [3.05, 3.63) is 0 Å². The third-order valence-corrected chi connectivity index (χ3v) is 3.40. The van der Waals surface area contributed by atoms with Crippen LogP contribution < -0.4 is 5.32 Å². The summed E-state index contributed by atoms with van der Waals surface area (Å²) in [6, 6.07) is 0. The number of rotatable bonds is 7. The van der Waals surface area contributed by atoms with E-state index in [-0.39, 0.29) is 0 Å². The Kier molecular flexibility index (Phi) is 5.95. The Morgan fingerprint density at radius 3 is 1.82 bits per heavy atom. The van der Waals surface area contributed by atoms with Crippen LogP contribution in [0.3, 0.4) is 0 Å². The summed E-state index contributed by atoms with van der Waals surface area (Å²) < 4.78 is 37.3. The first-order valence-corrected chi connectivity index (χ1v) is 5.77. The van der Waals surface area contributed by atoms with Gasteiger partial charge in [0.2, 0.25) is 0 Å². The fraction of sp³-hybridized carbons (Fsp3) is 0.909. The third-order valence-electron chi connectivity index (χ3n) is 3.40. The number of nitrogens with one attached hydrogen (secondary N) is 1. The Hall–Kier alpha value is -0.780. The molecule has 0 saturated carbocycles. The van der Waals surface area contributed by atoms with Gasteiger partial charge in [-0.05, 0) is 19.3 Å². The average Bonchev–Trinajstić information content (AvgIpc) is 2.23. The van der Waals surface area contributed by atoms with Crippen LogP contribution in [0.5, 0.6) is 0 Å². The lowest BCUT2D eigenvalue weighted by Gasteiger charge is -2.33. The van der Waals surface area contributed by atoms with Crippen LogP contribution in [0.4, 0.5) is 13.2 Å². The highest BCUT2D eigenvalue weighted by Gasteiger charge is 2.45. The minimum Gasteiger partial charge on any atom is -0.481 e. The molecule has 0 aliphatic carbocycles. The number of hydrogen-bond acceptors (Lipinski definition) is 2. The van der Waals surface area contributed by atoms with Gasteiger partial charge in [-0.25, -0.2) is 0 Å². The molecule has 0 aromatic carbocycles. The minimum absolute atomic E-state index is 0.404. The number of carbonyl (C=O) groups is 1. The molecule has 0 spiro atoms. The van der Waals surface area contributed by atoms with Crippen molar-refractivity contribution in [1.82, 2.24) is 5.32 Å². The Morgan fingerprint density at radius 2 is 1.59 bits per heavy atom. The lowest BCUT2D eigenvalue weighted by atomic mass is 9.89. The van der Waals surface area contributed by atoms with Gasteiger partial charge in [0.25, 0.3) is 0 Å². The van der Waals surface area contributed by atoms with E-state index in [0.29, 0.717) is 19.3 Å². The molecule has 0 fully saturated rings. The van der Waals surface area contributed by atoms with Crippen molar-refractivity contribution >= 4 is 5.97 Å². The van der Waals surface area contributed by atoms with Crippen molar-refractivity contribution in [3.63, 3.8) is 0 Å². The first-order valence-electron chi connectivity index (χ1n) is 5.77. The lowest BCUT2D eigenvalue weighted by molar-refractivity contribution is -0.193. The molecule has 0 aromatic heterocycles. The minimum atomic E-state index is -4.71. The van der Waals surface area contributed by atoms with E-state index in [2.05, 4.69) is 5.32 Å². The highest BCUT2D eigenvalue weighted by molar-refractivity contribution is 5.71. The normalized spacial score (nSPS) is 14.7. The molecule has 0 rings (SSSR count). The second kappa shape index (κ2) is 6.23. The summed E-state index contributed by atoms with van der Waals surface area (Å²) >= 11 is 0. The van der Waals surface area contributed by atoms with Crippen molar-refractivity contribution in [3.8, 4) is 0 Å². The lowest BCUT2D eigenvalue weighted by Crippen LogP contribution is -2.49. The van der Waals surface area contributed by atoms with Crippen LogP contribution in [0.2, 0.25) is 0 Å². The number of hydrogen-bond donors (Lipinski definition) is 2. The Balaban J connectivity index is 4.65. The summed E-state index contributed by atoms with van der Waals surface area (Å²) in [7, 11) is 0. The monoisotopic (exact) mass is 255 g/mol. The number of aliphatic carboxylic acids is 1. The van der Waals surface area contributed by atoms with Gasteiger partial charge in [0.1, 0.15) is 0 Å². The summed E-state index contributed by atoms with van der Waals surface area (Å²) in [4.78, 5) is 10.6. The molecule has 0 saturated heterocycles. The molecule has 0 radical (unpaired) electrons. The molecule has 1 atom stereocenters. The van der Waals surface area contributed by atoms with E-state index in [9.17, 15) is 18.0 Å². The molecule has 0 heterocycles. The van der Waals surface area contributed by atoms with Crippen molar-refractivity contribution < 1.29 is 23.1 Å². The molecule has 17 heavy (non-hydrogen) atoms. The van der Waals surface area contributed by atoms with Crippen LogP contribution in [-0.2, 0) is 4.79 Å². The molecule has 0 aromatic rings. The van der Waals surface area contributed by atoms with E-state index >= 15 is 0 Å². The highest BCUT2D eigenvalue weighted by atomic mass is 19.4. The first kappa shape index (κ1) is 16.2. The third kappa shape index (κ3) is 4.53. The van der Waals surface area contributed by atoms with E-state index in [1.165, 1.54) is 0 Å². The van der Waals surface area contributed by atoms with Crippen LogP contribution in [0.1, 0.15) is 40.0 Å². The number of carboxylic acid groups (broad SMARTS) is 1. The van der Waals surface area contributed by atoms with Gasteiger partial charge in [0.05, 0.1) is 0 Å². The smallest absolute Gasteiger partial charge is 0.403 e. The highest BCUT2D eigenvalue weighted by Crippen LogP contribution is 2.27. The number of carboxylic acids is 1. The first-order chi connectivity index (χ1) is 7.72. The summed E-state index contributed by atoms with van der Waals surface area (Å²) in [5.74, 6) is -4.17. The van der Waals surface area contributed by atoms with Gasteiger partial charge in [0.15, 0.2) is 5.92 Å². The molecule has 0 amide bonds.